The van der Waals surface area contributed by atoms with E-state index >= 15 is 0 Å². The average molecular weight is 313 g/mol. The number of benzene rings is 1. The highest BCUT2D eigenvalue weighted by Gasteiger charge is 2.18. The Morgan fingerprint density at radius 3 is 2.15 bits per heavy atom. The molecular weight excluding hydrogens is 302 g/mol. The Hall–Kier alpha value is -2.00. The minimum atomic E-state index is -3.94. The van der Waals surface area contributed by atoms with Gasteiger partial charge in [-0.25, -0.2) is 31.5 Å². The first-order valence-electron chi connectivity index (χ1n) is 5.39. The second-order valence-corrected chi connectivity index (χ2v) is 7.62. The van der Waals surface area contributed by atoms with Gasteiger partial charge in [0.2, 0.25) is 5.95 Å². The largest absolute Gasteiger partial charge is 0.264 e. The Balaban J connectivity index is 2.40. The van der Waals surface area contributed by atoms with Crippen molar-refractivity contribution in [1.29, 1.82) is 0 Å². The molecule has 1 N–H and O–H groups in total. The van der Waals surface area contributed by atoms with E-state index in [0.29, 0.717) is 0 Å². The van der Waals surface area contributed by atoms with E-state index in [1.807, 2.05) is 0 Å². The number of nitrogens with zero attached hydrogens (tertiary/aromatic N) is 2. The number of rotatable bonds is 4. The molecule has 7 nitrogen and oxygen atoms in total. The molecule has 0 spiro atoms. The molecule has 106 valence electrons. The van der Waals surface area contributed by atoms with Gasteiger partial charge in [0.25, 0.3) is 10.0 Å². The molecule has 0 fully saturated rings. The third kappa shape index (κ3) is 3.31. The minimum Gasteiger partial charge on any atom is -0.247 e. The summed E-state index contributed by atoms with van der Waals surface area (Å²) in [5.41, 5.74) is 0. The van der Waals surface area contributed by atoms with Gasteiger partial charge in [0.1, 0.15) is 0 Å². The molecule has 0 radical (unpaired) electrons. The molecule has 1 heterocycles. The molecule has 1 aromatic heterocycles. The van der Waals surface area contributed by atoms with Crippen LogP contribution >= 0.6 is 0 Å². The Bertz CT molecular complexity index is 818. The van der Waals surface area contributed by atoms with Crippen molar-refractivity contribution in [3.05, 3.63) is 42.7 Å². The first kappa shape index (κ1) is 14.4. The molecule has 0 aliphatic carbocycles. The van der Waals surface area contributed by atoms with Gasteiger partial charge in [0.05, 0.1) is 9.79 Å². The lowest BCUT2D eigenvalue weighted by Gasteiger charge is -2.07. The normalized spacial score (nSPS) is 12.1. The second-order valence-electron chi connectivity index (χ2n) is 3.92. The summed E-state index contributed by atoms with van der Waals surface area (Å²) in [4.78, 5) is 7.23. The van der Waals surface area contributed by atoms with Gasteiger partial charge in [-0.2, -0.15) is 0 Å². The second kappa shape index (κ2) is 5.17. The fourth-order valence-corrected chi connectivity index (χ4v) is 3.15. The standard InChI is InChI=1S/C11H11N3O4S2/c1-19(15,16)9-4-2-5-10(8-9)20(17,18)14-11-12-6-3-7-13-11/h2-8H,1H3,(H,12,13,14). The molecule has 0 atom stereocenters. The summed E-state index contributed by atoms with van der Waals surface area (Å²) in [5.74, 6) is -0.0859. The quantitative estimate of drug-likeness (QED) is 0.889. The van der Waals surface area contributed by atoms with Crippen molar-refractivity contribution in [3.63, 3.8) is 0 Å². The zero-order chi connectivity index (χ0) is 14.8. The number of hydrogen-bond donors (Lipinski definition) is 1. The maximum absolute atomic E-state index is 12.1. The van der Waals surface area contributed by atoms with Gasteiger partial charge in [-0.15, -0.1) is 0 Å². The summed E-state index contributed by atoms with van der Waals surface area (Å²) < 4.78 is 49.2. The first-order chi connectivity index (χ1) is 9.29. The Kier molecular flexibility index (Phi) is 3.73. The van der Waals surface area contributed by atoms with Gasteiger partial charge in [-0.1, -0.05) is 6.07 Å². The van der Waals surface area contributed by atoms with E-state index in [2.05, 4.69) is 14.7 Å². The predicted molar refractivity (Wildman–Crippen MR) is 72.4 cm³/mol. The van der Waals surface area contributed by atoms with Gasteiger partial charge in [0.15, 0.2) is 9.84 Å². The van der Waals surface area contributed by atoms with Crippen molar-refractivity contribution < 1.29 is 16.8 Å². The fourth-order valence-electron chi connectivity index (χ4n) is 1.40. The third-order valence-electron chi connectivity index (χ3n) is 2.34. The molecule has 0 aliphatic heterocycles. The van der Waals surface area contributed by atoms with Crippen LogP contribution in [0.1, 0.15) is 0 Å². The van der Waals surface area contributed by atoms with E-state index in [1.165, 1.54) is 30.6 Å². The van der Waals surface area contributed by atoms with Crippen LogP contribution in [0.2, 0.25) is 0 Å². The van der Waals surface area contributed by atoms with Crippen LogP contribution in [0.15, 0.2) is 52.5 Å². The van der Waals surface area contributed by atoms with E-state index in [4.69, 9.17) is 0 Å². The third-order valence-corrected chi connectivity index (χ3v) is 4.77. The van der Waals surface area contributed by atoms with Crippen LogP contribution < -0.4 is 4.72 Å². The molecule has 0 saturated carbocycles. The maximum Gasteiger partial charge on any atom is 0.264 e. The molecule has 1 aromatic carbocycles. The van der Waals surface area contributed by atoms with Gasteiger partial charge >= 0.3 is 0 Å². The molecule has 2 aromatic rings. The van der Waals surface area contributed by atoms with E-state index in [-0.39, 0.29) is 15.7 Å². The molecule has 20 heavy (non-hydrogen) atoms. The summed E-state index contributed by atoms with van der Waals surface area (Å²) in [5, 5.41) is 0. The van der Waals surface area contributed by atoms with Crippen LogP contribution in [0.3, 0.4) is 0 Å². The van der Waals surface area contributed by atoms with Crippen molar-refractivity contribution in [2.45, 2.75) is 9.79 Å². The number of aromatic nitrogens is 2. The lowest BCUT2D eigenvalue weighted by molar-refractivity contribution is 0.599. The van der Waals surface area contributed by atoms with Gasteiger partial charge in [-0.3, -0.25) is 0 Å². The monoisotopic (exact) mass is 313 g/mol. The van der Waals surface area contributed by atoms with Crippen LogP contribution in [-0.2, 0) is 19.9 Å². The molecule has 0 bridgehead atoms. The smallest absolute Gasteiger partial charge is 0.247 e. The highest BCUT2D eigenvalue weighted by molar-refractivity contribution is 7.93. The van der Waals surface area contributed by atoms with E-state index in [0.717, 1.165) is 12.3 Å². The Morgan fingerprint density at radius 2 is 1.55 bits per heavy atom. The van der Waals surface area contributed by atoms with Crippen LogP contribution in [0.4, 0.5) is 5.95 Å². The summed E-state index contributed by atoms with van der Waals surface area (Å²) >= 11 is 0. The summed E-state index contributed by atoms with van der Waals surface area (Å²) in [6.07, 6.45) is 3.78. The topological polar surface area (TPSA) is 106 Å². The van der Waals surface area contributed by atoms with Gasteiger partial charge < -0.3 is 0 Å². The minimum absolute atomic E-state index is 0.0747. The van der Waals surface area contributed by atoms with Crippen molar-refractivity contribution in [1.82, 2.24) is 9.97 Å². The molecule has 0 aliphatic rings. The Morgan fingerprint density at radius 1 is 0.950 bits per heavy atom. The van der Waals surface area contributed by atoms with E-state index in [1.54, 1.807) is 6.07 Å². The molecule has 0 unspecified atom stereocenters. The number of sulfone groups is 1. The van der Waals surface area contributed by atoms with Crippen molar-refractivity contribution in [2.75, 3.05) is 11.0 Å². The van der Waals surface area contributed by atoms with Crippen LogP contribution in [0.5, 0.6) is 0 Å². The molecule has 0 saturated heterocycles. The average Bonchev–Trinajstić information content (AvgIpc) is 2.38. The first-order valence-corrected chi connectivity index (χ1v) is 8.76. The number of nitrogens with one attached hydrogen (secondary N) is 1. The molecule has 0 amide bonds. The van der Waals surface area contributed by atoms with Crippen molar-refractivity contribution in [3.8, 4) is 0 Å². The van der Waals surface area contributed by atoms with Crippen molar-refractivity contribution >= 4 is 25.8 Å². The SMILES string of the molecule is CS(=O)(=O)c1cccc(S(=O)(=O)Nc2ncccn2)c1. The Labute approximate surface area is 116 Å². The number of sulfonamides is 1. The zero-order valence-corrected chi connectivity index (χ0v) is 12.0. The summed E-state index contributed by atoms with van der Waals surface area (Å²) in [6, 6.07) is 6.60. The van der Waals surface area contributed by atoms with Crippen LogP contribution in [-0.4, -0.2) is 33.1 Å². The lowest BCUT2D eigenvalue weighted by atomic mass is 10.4. The lowest BCUT2D eigenvalue weighted by Crippen LogP contribution is -2.15. The van der Waals surface area contributed by atoms with Crippen LogP contribution in [0.25, 0.3) is 0 Å². The molecule has 2 rings (SSSR count). The van der Waals surface area contributed by atoms with Gasteiger partial charge in [0, 0.05) is 18.6 Å². The zero-order valence-electron chi connectivity index (χ0n) is 10.4. The summed E-state index contributed by atoms with van der Waals surface area (Å²) in [6.45, 7) is 0. The molecule has 9 heteroatoms. The van der Waals surface area contributed by atoms with E-state index in [9.17, 15) is 16.8 Å². The van der Waals surface area contributed by atoms with Crippen molar-refractivity contribution in [2.24, 2.45) is 0 Å². The van der Waals surface area contributed by atoms with E-state index < -0.39 is 19.9 Å². The summed E-state index contributed by atoms with van der Waals surface area (Å²) in [7, 11) is -7.42. The van der Waals surface area contributed by atoms with Crippen LogP contribution in [0, 0.1) is 0 Å². The predicted octanol–water partition coefficient (Wildman–Crippen LogP) is 0.681. The number of anilines is 1. The maximum atomic E-state index is 12.1. The fraction of sp³-hybridized carbons (Fsp3) is 0.0909. The van der Waals surface area contributed by atoms with Gasteiger partial charge in [-0.05, 0) is 24.3 Å². The highest BCUT2D eigenvalue weighted by atomic mass is 32.2. The molecular formula is C11H11N3O4S2. The highest BCUT2D eigenvalue weighted by Crippen LogP contribution is 2.17. The number of hydrogen-bond acceptors (Lipinski definition) is 6.